The van der Waals surface area contributed by atoms with Gasteiger partial charge in [-0.3, -0.25) is 4.99 Å². The highest BCUT2D eigenvalue weighted by Gasteiger charge is 2.36. The summed E-state index contributed by atoms with van der Waals surface area (Å²) in [6, 6.07) is 8.28. The summed E-state index contributed by atoms with van der Waals surface area (Å²) in [6.07, 6.45) is 3.05. The number of halogens is 1. The van der Waals surface area contributed by atoms with Gasteiger partial charge in [-0.15, -0.1) is 0 Å². The molecule has 3 rings (SSSR count). The van der Waals surface area contributed by atoms with Crippen molar-refractivity contribution in [3.63, 3.8) is 0 Å². The summed E-state index contributed by atoms with van der Waals surface area (Å²) >= 11 is 6.54. The Labute approximate surface area is 173 Å². The molecule has 28 heavy (non-hydrogen) atoms. The average Bonchev–Trinajstić information content (AvgIpc) is 3.24. The molecule has 2 atom stereocenters. The molecule has 2 fully saturated rings. The molecule has 7 heteroatoms. The largest absolute Gasteiger partial charge is 0.381 e. The number of hydrogen-bond donors (Lipinski definition) is 2. The third-order valence-electron chi connectivity index (χ3n) is 5.57. The van der Waals surface area contributed by atoms with Crippen LogP contribution in [-0.2, 0) is 19.6 Å². The Morgan fingerprint density at radius 2 is 2.07 bits per heavy atom. The molecule has 0 radical (unpaired) electrons. The van der Waals surface area contributed by atoms with E-state index in [1.54, 1.807) is 7.05 Å². The van der Waals surface area contributed by atoms with E-state index in [2.05, 4.69) is 34.7 Å². The van der Waals surface area contributed by atoms with Crippen LogP contribution in [0, 0.1) is 0 Å². The minimum absolute atomic E-state index is 0.0604. The number of nitrogens with zero attached hydrogens (tertiary/aromatic N) is 1. The molecular formula is C21H32ClN3O3. The number of ether oxygens (including phenoxy) is 3. The van der Waals surface area contributed by atoms with Crippen LogP contribution >= 0.6 is 11.6 Å². The van der Waals surface area contributed by atoms with Gasteiger partial charge in [-0.25, -0.2) is 0 Å². The molecule has 6 nitrogen and oxygen atoms in total. The smallest absolute Gasteiger partial charge is 0.191 e. The van der Waals surface area contributed by atoms with E-state index in [9.17, 15) is 0 Å². The number of rotatable bonds is 7. The normalized spacial score (nSPS) is 23.4. The zero-order valence-electron chi connectivity index (χ0n) is 16.9. The lowest BCUT2D eigenvalue weighted by Crippen LogP contribution is -2.50. The Balaban J connectivity index is 1.57. The molecule has 0 saturated carbocycles. The fourth-order valence-electron chi connectivity index (χ4n) is 3.84. The Bertz CT molecular complexity index is 644. The van der Waals surface area contributed by atoms with Crippen molar-refractivity contribution in [2.75, 3.05) is 46.6 Å². The van der Waals surface area contributed by atoms with Crippen LogP contribution in [0.15, 0.2) is 29.3 Å². The summed E-state index contributed by atoms with van der Waals surface area (Å²) < 4.78 is 16.9. The van der Waals surface area contributed by atoms with E-state index in [-0.39, 0.29) is 17.6 Å². The van der Waals surface area contributed by atoms with Crippen molar-refractivity contribution in [2.45, 2.75) is 43.7 Å². The van der Waals surface area contributed by atoms with Crippen LogP contribution in [0.2, 0.25) is 5.02 Å². The molecule has 0 spiro atoms. The van der Waals surface area contributed by atoms with Crippen LogP contribution in [-0.4, -0.2) is 64.7 Å². The zero-order valence-corrected chi connectivity index (χ0v) is 17.6. The van der Waals surface area contributed by atoms with Crippen LogP contribution in [0.5, 0.6) is 0 Å². The van der Waals surface area contributed by atoms with Crippen LogP contribution in [0.4, 0.5) is 0 Å². The van der Waals surface area contributed by atoms with E-state index in [4.69, 9.17) is 25.8 Å². The Kier molecular flexibility index (Phi) is 7.97. The van der Waals surface area contributed by atoms with E-state index in [0.29, 0.717) is 13.2 Å². The molecule has 0 bridgehead atoms. The second kappa shape index (κ2) is 10.4. The van der Waals surface area contributed by atoms with E-state index in [1.807, 2.05) is 12.1 Å². The standard InChI is InChI=1S/C21H32ClN3O3/c1-16(13-28-17-7-10-27-14-17)25-20(23-2)24-15-21(8-11-26-12-9-21)18-5-3-4-6-19(18)22/h3-6,16-17H,7-15H2,1-2H3,(H2,23,24,25). The fraction of sp³-hybridized carbons (Fsp3) is 0.667. The zero-order chi connectivity index (χ0) is 19.8. The van der Waals surface area contributed by atoms with Crippen molar-refractivity contribution in [1.82, 2.24) is 10.6 Å². The van der Waals surface area contributed by atoms with Crippen molar-refractivity contribution in [1.29, 1.82) is 0 Å². The van der Waals surface area contributed by atoms with Crippen LogP contribution < -0.4 is 10.6 Å². The third kappa shape index (κ3) is 5.60. The van der Waals surface area contributed by atoms with E-state index in [0.717, 1.165) is 56.6 Å². The van der Waals surface area contributed by atoms with E-state index in [1.165, 1.54) is 5.56 Å². The van der Waals surface area contributed by atoms with Crippen molar-refractivity contribution in [3.8, 4) is 0 Å². The molecule has 156 valence electrons. The van der Waals surface area contributed by atoms with Crippen molar-refractivity contribution < 1.29 is 14.2 Å². The van der Waals surface area contributed by atoms with Gasteiger partial charge in [-0.1, -0.05) is 29.8 Å². The minimum Gasteiger partial charge on any atom is -0.381 e. The van der Waals surface area contributed by atoms with Crippen molar-refractivity contribution in [3.05, 3.63) is 34.9 Å². The molecule has 2 N–H and O–H groups in total. The molecule has 2 unspecified atom stereocenters. The monoisotopic (exact) mass is 409 g/mol. The van der Waals surface area contributed by atoms with Gasteiger partial charge >= 0.3 is 0 Å². The number of aliphatic imine (C=N–C) groups is 1. The summed E-state index contributed by atoms with van der Waals surface area (Å²) in [7, 11) is 1.79. The summed E-state index contributed by atoms with van der Waals surface area (Å²) in [5, 5.41) is 7.75. The first-order valence-corrected chi connectivity index (χ1v) is 10.5. The Hall–Kier alpha value is -1.34. The maximum absolute atomic E-state index is 6.54. The quantitative estimate of drug-likeness (QED) is 0.535. The van der Waals surface area contributed by atoms with E-state index < -0.39 is 0 Å². The van der Waals surface area contributed by atoms with Gasteiger partial charge in [0.1, 0.15) is 0 Å². The van der Waals surface area contributed by atoms with Crippen LogP contribution in [0.1, 0.15) is 31.7 Å². The molecular weight excluding hydrogens is 378 g/mol. The SMILES string of the molecule is CN=C(NCC1(c2ccccc2Cl)CCOCC1)NC(C)COC1CCOC1. The molecule has 2 saturated heterocycles. The number of nitrogens with one attached hydrogen (secondary N) is 2. The van der Waals surface area contributed by atoms with Gasteiger partial charge in [0.05, 0.1) is 19.3 Å². The molecule has 2 aliphatic rings. The maximum atomic E-state index is 6.54. The van der Waals surface area contributed by atoms with Crippen molar-refractivity contribution >= 4 is 17.6 Å². The highest BCUT2D eigenvalue weighted by molar-refractivity contribution is 6.31. The van der Waals surface area contributed by atoms with Crippen molar-refractivity contribution in [2.24, 2.45) is 4.99 Å². The highest BCUT2D eigenvalue weighted by Crippen LogP contribution is 2.38. The second-order valence-corrected chi connectivity index (χ2v) is 8.07. The van der Waals surface area contributed by atoms with Gasteiger partial charge in [0, 0.05) is 49.9 Å². The third-order valence-corrected chi connectivity index (χ3v) is 5.90. The number of benzene rings is 1. The Morgan fingerprint density at radius 3 is 2.75 bits per heavy atom. The lowest BCUT2D eigenvalue weighted by atomic mass is 9.74. The van der Waals surface area contributed by atoms with E-state index >= 15 is 0 Å². The average molecular weight is 410 g/mol. The molecule has 2 aliphatic heterocycles. The molecule has 0 aromatic heterocycles. The van der Waals surface area contributed by atoms with Gasteiger partial charge in [-0.2, -0.15) is 0 Å². The molecule has 2 heterocycles. The fourth-order valence-corrected chi connectivity index (χ4v) is 4.18. The molecule has 1 aromatic carbocycles. The highest BCUT2D eigenvalue weighted by atomic mass is 35.5. The molecule has 1 aromatic rings. The number of hydrogen-bond acceptors (Lipinski definition) is 4. The summed E-state index contributed by atoms with van der Waals surface area (Å²) in [5.74, 6) is 0.775. The predicted octanol–water partition coefficient (Wildman–Crippen LogP) is 2.75. The lowest BCUT2D eigenvalue weighted by Gasteiger charge is -2.39. The van der Waals surface area contributed by atoms with Gasteiger partial charge in [0.25, 0.3) is 0 Å². The summed E-state index contributed by atoms with van der Waals surface area (Å²) in [6.45, 7) is 6.45. The lowest BCUT2D eigenvalue weighted by molar-refractivity contribution is 0.0346. The summed E-state index contributed by atoms with van der Waals surface area (Å²) in [4.78, 5) is 4.39. The first-order chi connectivity index (χ1) is 13.6. The van der Waals surface area contributed by atoms with Gasteiger partial charge in [0.2, 0.25) is 0 Å². The van der Waals surface area contributed by atoms with Crippen LogP contribution in [0.3, 0.4) is 0 Å². The first-order valence-electron chi connectivity index (χ1n) is 10.1. The van der Waals surface area contributed by atoms with Gasteiger partial charge < -0.3 is 24.8 Å². The second-order valence-electron chi connectivity index (χ2n) is 7.66. The van der Waals surface area contributed by atoms with Crippen LogP contribution in [0.25, 0.3) is 0 Å². The molecule has 0 aliphatic carbocycles. The minimum atomic E-state index is -0.0604. The number of guanidine groups is 1. The van der Waals surface area contributed by atoms with Gasteiger partial charge in [0.15, 0.2) is 5.96 Å². The first kappa shape index (κ1) is 21.4. The van der Waals surface area contributed by atoms with Gasteiger partial charge in [-0.05, 0) is 37.8 Å². The topological polar surface area (TPSA) is 64.1 Å². The molecule has 0 amide bonds. The predicted molar refractivity (Wildman–Crippen MR) is 112 cm³/mol. The maximum Gasteiger partial charge on any atom is 0.191 e. The Morgan fingerprint density at radius 1 is 1.29 bits per heavy atom. The summed E-state index contributed by atoms with van der Waals surface area (Å²) in [5.41, 5.74) is 1.12.